The predicted octanol–water partition coefficient (Wildman–Crippen LogP) is 4.09. The monoisotopic (exact) mass is 540 g/mol. The molecule has 0 fully saturated rings. The number of nitrogens with one attached hydrogen (secondary N) is 2. The number of anilines is 1. The van der Waals surface area contributed by atoms with Crippen molar-refractivity contribution in [3.05, 3.63) is 59.2 Å². The third-order valence-electron chi connectivity index (χ3n) is 5.95. The number of nitrogens with two attached hydrogens (primary N) is 1. The second-order valence-corrected chi connectivity index (χ2v) is 10.5. The molecule has 0 aliphatic carbocycles. The number of phenolic OH excluding ortho intramolecular Hbond substituents is 1. The van der Waals surface area contributed by atoms with Gasteiger partial charge in [-0.15, -0.1) is 0 Å². The lowest BCUT2D eigenvalue weighted by atomic mass is 9.99. The van der Waals surface area contributed by atoms with Gasteiger partial charge in [-0.05, 0) is 58.2 Å². The fourth-order valence-corrected chi connectivity index (χ4v) is 4.12. The van der Waals surface area contributed by atoms with Gasteiger partial charge in [-0.1, -0.05) is 49.7 Å². The van der Waals surface area contributed by atoms with Crippen LogP contribution in [0.3, 0.4) is 0 Å². The maximum atomic E-state index is 14.0. The Kier molecular flexibility index (Phi) is 10.9. The van der Waals surface area contributed by atoms with Crippen molar-refractivity contribution in [2.75, 3.05) is 11.9 Å². The van der Waals surface area contributed by atoms with Crippen molar-refractivity contribution in [1.29, 1.82) is 0 Å². The average molecular weight is 541 g/mol. The van der Waals surface area contributed by atoms with Gasteiger partial charge in [0.05, 0.1) is 6.42 Å². The van der Waals surface area contributed by atoms with Crippen LogP contribution < -0.4 is 16.4 Å². The molecule has 0 bridgehead atoms. The van der Waals surface area contributed by atoms with Crippen LogP contribution in [0.1, 0.15) is 69.7 Å². The molecule has 2 rings (SSSR count). The number of unbranched alkanes of at least 4 members (excludes halogenated alkanes) is 1. The van der Waals surface area contributed by atoms with Crippen LogP contribution in [0.4, 0.5) is 10.5 Å². The molecule has 2 aromatic rings. The van der Waals surface area contributed by atoms with Crippen molar-refractivity contribution in [3.8, 4) is 5.75 Å². The Bertz CT molecular complexity index is 1170. The van der Waals surface area contributed by atoms with Crippen molar-refractivity contribution < 1.29 is 29.0 Å². The molecule has 212 valence electrons. The molecule has 0 saturated carbocycles. The van der Waals surface area contributed by atoms with Gasteiger partial charge in [0, 0.05) is 17.8 Å². The molecule has 2 unspecified atom stereocenters. The van der Waals surface area contributed by atoms with Crippen LogP contribution in [-0.4, -0.2) is 52.0 Å². The van der Waals surface area contributed by atoms with E-state index in [9.17, 15) is 24.3 Å². The molecule has 0 radical (unpaired) electrons. The van der Waals surface area contributed by atoms with E-state index in [0.717, 1.165) is 11.1 Å². The van der Waals surface area contributed by atoms with Crippen LogP contribution in [0.2, 0.25) is 0 Å². The quantitative estimate of drug-likeness (QED) is 0.337. The van der Waals surface area contributed by atoms with Crippen LogP contribution >= 0.6 is 0 Å². The minimum absolute atomic E-state index is 0.111. The number of carbonyl (C=O) groups excluding carboxylic acids is 4. The van der Waals surface area contributed by atoms with Crippen LogP contribution in [0.25, 0.3) is 0 Å². The smallest absolute Gasteiger partial charge is 0.408 e. The van der Waals surface area contributed by atoms with Crippen LogP contribution in [0.15, 0.2) is 42.5 Å². The number of ether oxygens (including phenoxy) is 1. The number of rotatable bonds is 11. The first kappa shape index (κ1) is 31.1. The molecule has 10 nitrogen and oxygen atoms in total. The number of alkyl carbamates (subject to hydrolysis) is 1. The summed E-state index contributed by atoms with van der Waals surface area (Å²) < 4.78 is 5.29. The molecule has 4 amide bonds. The van der Waals surface area contributed by atoms with E-state index in [1.165, 1.54) is 11.0 Å². The molecule has 0 saturated heterocycles. The van der Waals surface area contributed by atoms with Crippen LogP contribution in [0, 0.1) is 13.8 Å². The Labute approximate surface area is 229 Å². The molecule has 0 spiro atoms. The molecular formula is C29H40N4O6. The Morgan fingerprint density at radius 2 is 1.64 bits per heavy atom. The summed E-state index contributed by atoms with van der Waals surface area (Å²) in [5.41, 5.74) is 7.00. The third kappa shape index (κ3) is 9.01. The summed E-state index contributed by atoms with van der Waals surface area (Å²) in [6.07, 6.45) is -0.207. The number of carbonyl (C=O) groups is 4. The number of nitrogens with zero attached hydrogens (tertiary/aromatic N) is 1. The second-order valence-electron chi connectivity index (χ2n) is 10.5. The van der Waals surface area contributed by atoms with Gasteiger partial charge in [-0.25, -0.2) is 4.79 Å². The largest absolute Gasteiger partial charge is 0.508 e. The lowest BCUT2D eigenvalue weighted by Gasteiger charge is -2.34. The Morgan fingerprint density at radius 3 is 2.18 bits per heavy atom. The fourth-order valence-electron chi connectivity index (χ4n) is 4.12. The average Bonchev–Trinajstić information content (AvgIpc) is 2.82. The highest BCUT2D eigenvalue weighted by Gasteiger charge is 2.38. The summed E-state index contributed by atoms with van der Waals surface area (Å²) in [5, 5.41) is 16.1. The van der Waals surface area contributed by atoms with Crippen molar-refractivity contribution in [1.82, 2.24) is 10.2 Å². The van der Waals surface area contributed by atoms with E-state index >= 15 is 0 Å². The van der Waals surface area contributed by atoms with Crippen molar-refractivity contribution in [2.45, 2.75) is 78.5 Å². The highest BCUT2D eigenvalue weighted by atomic mass is 16.6. The normalized spacial score (nSPS) is 12.7. The zero-order chi connectivity index (χ0) is 29.3. The summed E-state index contributed by atoms with van der Waals surface area (Å²) in [6.45, 7) is 10.7. The zero-order valence-corrected chi connectivity index (χ0v) is 23.5. The number of primary amides is 1. The van der Waals surface area contributed by atoms with E-state index in [0.29, 0.717) is 18.5 Å². The molecule has 0 heterocycles. The SMILES string of the molecule is CCCCN(C(=O)C(CC(N)=O)NC(=O)OC(C)(C)C)C(C(=O)Nc1c(C)cccc1C)c1ccccc1O. The third-order valence-corrected chi connectivity index (χ3v) is 5.95. The van der Waals surface area contributed by atoms with Crippen molar-refractivity contribution in [3.63, 3.8) is 0 Å². The summed E-state index contributed by atoms with van der Waals surface area (Å²) in [6, 6.07) is 9.15. The van der Waals surface area contributed by atoms with Gasteiger partial charge in [-0.2, -0.15) is 0 Å². The molecule has 0 aliphatic rings. The molecule has 2 aromatic carbocycles. The van der Waals surface area contributed by atoms with Gasteiger partial charge in [0.15, 0.2) is 0 Å². The lowest BCUT2D eigenvalue weighted by molar-refractivity contribution is -0.142. The molecule has 0 aliphatic heterocycles. The molecule has 10 heteroatoms. The van der Waals surface area contributed by atoms with Crippen molar-refractivity contribution in [2.24, 2.45) is 5.73 Å². The highest BCUT2D eigenvalue weighted by Crippen LogP contribution is 2.32. The Balaban J connectivity index is 2.59. The summed E-state index contributed by atoms with van der Waals surface area (Å²) >= 11 is 0. The number of phenols is 1. The van der Waals surface area contributed by atoms with Gasteiger partial charge in [0.25, 0.3) is 5.91 Å². The number of aryl methyl sites for hydroxylation is 2. The first-order valence-electron chi connectivity index (χ1n) is 13.0. The van der Waals surface area contributed by atoms with E-state index in [-0.39, 0.29) is 17.9 Å². The maximum Gasteiger partial charge on any atom is 0.408 e. The van der Waals surface area contributed by atoms with Gasteiger partial charge < -0.3 is 31.1 Å². The van der Waals surface area contributed by atoms with E-state index in [4.69, 9.17) is 10.5 Å². The Hall–Kier alpha value is -4.08. The summed E-state index contributed by atoms with van der Waals surface area (Å²) in [7, 11) is 0. The molecule has 2 atom stereocenters. The first-order valence-corrected chi connectivity index (χ1v) is 13.0. The molecule has 39 heavy (non-hydrogen) atoms. The topological polar surface area (TPSA) is 151 Å². The number of aromatic hydroxyl groups is 1. The lowest BCUT2D eigenvalue weighted by Crippen LogP contribution is -2.53. The predicted molar refractivity (Wildman–Crippen MR) is 149 cm³/mol. The second kappa shape index (κ2) is 13.6. The maximum absolute atomic E-state index is 14.0. The standard InChI is InChI=1S/C29H40N4O6/c1-7-8-16-33(27(37)21(17-23(30)35)31-28(38)39-29(4,5)6)25(20-14-9-10-15-22(20)34)26(36)32-24-18(2)12-11-13-19(24)3/h9-15,21,25,34H,7-8,16-17H2,1-6H3,(H2,30,35)(H,31,38)(H,32,36). The highest BCUT2D eigenvalue weighted by molar-refractivity contribution is 6.00. The number of benzene rings is 2. The van der Waals surface area contributed by atoms with Crippen LogP contribution in [0.5, 0.6) is 5.75 Å². The van der Waals surface area contributed by atoms with Gasteiger partial charge >= 0.3 is 6.09 Å². The molecule has 5 N–H and O–H groups in total. The number of para-hydroxylation sites is 2. The van der Waals surface area contributed by atoms with E-state index in [1.54, 1.807) is 39.0 Å². The zero-order valence-electron chi connectivity index (χ0n) is 23.5. The minimum Gasteiger partial charge on any atom is -0.508 e. The van der Waals surface area contributed by atoms with Crippen LogP contribution in [-0.2, 0) is 19.1 Å². The summed E-state index contributed by atoms with van der Waals surface area (Å²) in [5.74, 6) is -2.27. The minimum atomic E-state index is -1.39. The number of hydrogen-bond donors (Lipinski definition) is 4. The fraction of sp³-hybridized carbons (Fsp3) is 0.448. The number of hydrogen-bond acceptors (Lipinski definition) is 6. The van der Waals surface area contributed by atoms with E-state index in [1.807, 2.05) is 39.0 Å². The van der Waals surface area contributed by atoms with E-state index in [2.05, 4.69) is 10.6 Å². The van der Waals surface area contributed by atoms with Gasteiger partial charge in [0.1, 0.15) is 23.4 Å². The Morgan fingerprint density at radius 1 is 1.03 bits per heavy atom. The summed E-state index contributed by atoms with van der Waals surface area (Å²) in [4.78, 5) is 53.6. The molecular weight excluding hydrogens is 500 g/mol. The van der Waals surface area contributed by atoms with Gasteiger partial charge in [0.2, 0.25) is 11.8 Å². The molecule has 0 aromatic heterocycles. The van der Waals surface area contributed by atoms with E-state index < -0.39 is 47.9 Å². The first-order chi connectivity index (χ1) is 18.2. The van der Waals surface area contributed by atoms with Crippen molar-refractivity contribution >= 4 is 29.5 Å². The van der Waals surface area contributed by atoms with Gasteiger partial charge in [-0.3, -0.25) is 14.4 Å². The number of amides is 4.